The van der Waals surface area contributed by atoms with E-state index in [1.54, 1.807) is 0 Å². The first-order chi connectivity index (χ1) is 9.22. The number of hydrogen-bond donors (Lipinski definition) is 1. The Morgan fingerprint density at radius 2 is 1.84 bits per heavy atom. The van der Waals surface area contributed by atoms with Crippen LogP contribution in [0, 0.1) is 0 Å². The number of anilines is 1. The molecule has 19 heavy (non-hydrogen) atoms. The van der Waals surface area contributed by atoms with Crippen LogP contribution in [0.1, 0.15) is 24.1 Å². The first-order valence-electron chi connectivity index (χ1n) is 6.63. The fourth-order valence-electron chi connectivity index (χ4n) is 2.14. The first kappa shape index (κ1) is 13.6. The van der Waals surface area contributed by atoms with Crippen molar-refractivity contribution in [2.24, 2.45) is 0 Å². The molecule has 2 rings (SSSR count). The van der Waals surface area contributed by atoms with E-state index in [2.05, 4.69) is 66.6 Å². The van der Waals surface area contributed by atoms with Crippen molar-refractivity contribution in [2.75, 3.05) is 25.5 Å². The largest absolute Gasteiger partial charge is 0.378 e. The normalized spacial score (nSPS) is 12.2. The molecule has 1 heterocycles. The van der Waals surface area contributed by atoms with Crippen molar-refractivity contribution in [1.29, 1.82) is 0 Å². The number of benzene rings is 1. The summed E-state index contributed by atoms with van der Waals surface area (Å²) in [6.07, 6.45) is 3.73. The number of pyridine rings is 1. The molecule has 0 amide bonds. The van der Waals surface area contributed by atoms with Crippen molar-refractivity contribution < 1.29 is 0 Å². The van der Waals surface area contributed by atoms with Crippen molar-refractivity contribution in [2.45, 2.75) is 13.0 Å². The van der Waals surface area contributed by atoms with Gasteiger partial charge < -0.3 is 10.2 Å². The van der Waals surface area contributed by atoms with Crippen LogP contribution < -0.4 is 10.2 Å². The molecule has 0 aliphatic heterocycles. The summed E-state index contributed by atoms with van der Waals surface area (Å²) in [5.41, 5.74) is 3.67. The van der Waals surface area contributed by atoms with Crippen molar-refractivity contribution in [3.63, 3.8) is 0 Å². The van der Waals surface area contributed by atoms with E-state index in [0.29, 0.717) is 0 Å². The van der Waals surface area contributed by atoms with Crippen LogP contribution in [0.5, 0.6) is 0 Å². The van der Waals surface area contributed by atoms with E-state index >= 15 is 0 Å². The van der Waals surface area contributed by atoms with Gasteiger partial charge in [-0.1, -0.05) is 25.1 Å². The maximum atomic E-state index is 4.21. The lowest BCUT2D eigenvalue weighted by atomic mass is 10.00. The summed E-state index contributed by atoms with van der Waals surface area (Å²) >= 11 is 0. The molecule has 100 valence electrons. The zero-order valence-electron chi connectivity index (χ0n) is 11.8. The van der Waals surface area contributed by atoms with Gasteiger partial charge in [0.25, 0.3) is 0 Å². The lowest BCUT2D eigenvalue weighted by molar-refractivity contribution is 0.628. The quantitative estimate of drug-likeness (QED) is 0.890. The van der Waals surface area contributed by atoms with Gasteiger partial charge >= 0.3 is 0 Å². The van der Waals surface area contributed by atoms with Gasteiger partial charge in [-0.15, -0.1) is 0 Å². The fraction of sp³-hybridized carbons (Fsp3) is 0.312. The van der Waals surface area contributed by atoms with E-state index in [-0.39, 0.29) is 6.04 Å². The van der Waals surface area contributed by atoms with E-state index in [1.807, 2.05) is 18.5 Å². The van der Waals surface area contributed by atoms with Crippen LogP contribution in [-0.4, -0.2) is 25.6 Å². The highest BCUT2D eigenvalue weighted by molar-refractivity contribution is 5.47. The molecule has 0 fully saturated rings. The van der Waals surface area contributed by atoms with Crippen molar-refractivity contribution in [3.05, 3.63) is 59.9 Å². The number of nitrogens with one attached hydrogen (secondary N) is 1. The third kappa shape index (κ3) is 3.32. The number of hydrogen-bond acceptors (Lipinski definition) is 3. The molecule has 1 N–H and O–H groups in total. The Morgan fingerprint density at radius 1 is 1.11 bits per heavy atom. The Bertz CT molecular complexity index is 491. The van der Waals surface area contributed by atoms with Gasteiger partial charge in [-0.2, -0.15) is 0 Å². The Hall–Kier alpha value is -1.87. The van der Waals surface area contributed by atoms with Gasteiger partial charge in [0.15, 0.2) is 0 Å². The SMILES string of the molecule is CCNC(c1ccc(N(C)C)cc1)c1cccnc1. The third-order valence-electron chi connectivity index (χ3n) is 3.17. The van der Waals surface area contributed by atoms with Crippen LogP contribution in [0.4, 0.5) is 5.69 Å². The van der Waals surface area contributed by atoms with Gasteiger partial charge in [-0.05, 0) is 35.9 Å². The highest BCUT2D eigenvalue weighted by atomic mass is 15.1. The van der Waals surface area contributed by atoms with Gasteiger partial charge in [-0.3, -0.25) is 4.98 Å². The van der Waals surface area contributed by atoms with Gasteiger partial charge in [0.05, 0.1) is 6.04 Å². The molecular formula is C16H21N3. The summed E-state index contributed by atoms with van der Waals surface area (Å²) in [4.78, 5) is 6.32. The molecule has 1 atom stereocenters. The number of rotatable bonds is 5. The molecular weight excluding hydrogens is 234 g/mol. The molecule has 1 unspecified atom stereocenters. The van der Waals surface area contributed by atoms with Crippen LogP contribution >= 0.6 is 0 Å². The highest BCUT2D eigenvalue weighted by Crippen LogP contribution is 2.23. The minimum Gasteiger partial charge on any atom is -0.378 e. The smallest absolute Gasteiger partial charge is 0.0591 e. The maximum Gasteiger partial charge on any atom is 0.0591 e. The van der Waals surface area contributed by atoms with E-state index < -0.39 is 0 Å². The molecule has 1 aromatic carbocycles. The van der Waals surface area contributed by atoms with Crippen molar-refractivity contribution in [1.82, 2.24) is 10.3 Å². The average Bonchev–Trinajstić information content (AvgIpc) is 2.46. The van der Waals surface area contributed by atoms with E-state index in [0.717, 1.165) is 6.54 Å². The molecule has 0 bridgehead atoms. The summed E-state index contributed by atoms with van der Waals surface area (Å²) in [7, 11) is 4.11. The lowest BCUT2D eigenvalue weighted by Gasteiger charge is -2.20. The predicted octanol–water partition coefficient (Wildman–Crippen LogP) is 2.85. The highest BCUT2D eigenvalue weighted by Gasteiger charge is 2.12. The van der Waals surface area contributed by atoms with Crippen LogP contribution in [0.25, 0.3) is 0 Å². The second-order valence-corrected chi connectivity index (χ2v) is 4.76. The molecule has 0 saturated carbocycles. The van der Waals surface area contributed by atoms with Crippen molar-refractivity contribution >= 4 is 5.69 Å². The zero-order valence-corrected chi connectivity index (χ0v) is 11.8. The average molecular weight is 255 g/mol. The van der Waals surface area contributed by atoms with Crippen LogP contribution in [0.15, 0.2) is 48.8 Å². The molecule has 0 aliphatic rings. The summed E-state index contributed by atoms with van der Waals surface area (Å²) < 4.78 is 0. The molecule has 0 radical (unpaired) electrons. The second-order valence-electron chi connectivity index (χ2n) is 4.76. The van der Waals surface area contributed by atoms with Gasteiger partial charge in [0.2, 0.25) is 0 Å². The Labute approximate surface area is 115 Å². The third-order valence-corrected chi connectivity index (χ3v) is 3.17. The lowest BCUT2D eigenvalue weighted by Crippen LogP contribution is -2.22. The van der Waals surface area contributed by atoms with Crippen molar-refractivity contribution in [3.8, 4) is 0 Å². The van der Waals surface area contributed by atoms with E-state index in [4.69, 9.17) is 0 Å². The second kappa shape index (κ2) is 6.34. The molecule has 1 aromatic heterocycles. The van der Waals surface area contributed by atoms with E-state index in [9.17, 15) is 0 Å². The Balaban J connectivity index is 2.29. The standard InChI is InChI=1S/C16H21N3/c1-4-18-16(14-6-5-11-17-12-14)13-7-9-15(10-8-13)19(2)3/h5-12,16,18H,4H2,1-3H3. The maximum absolute atomic E-state index is 4.21. The van der Waals surface area contributed by atoms with Crippen LogP contribution in [0.2, 0.25) is 0 Å². The molecule has 0 saturated heterocycles. The van der Waals surface area contributed by atoms with Crippen LogP contribution in [0.3, 0.4) is 0 Å². The molecule has 0 spiro atoms. The molecule has 3 heteroatoms. The summed E-state index contributed by atoms with van der Waals surface area (Å²) in [5, 5.41) is 3.51. The van der Waals surface area contributed by atoms with Gasteiger partial charge in [0.1, 0.15) is 0 Å². The monoisotopic (exact) mass is 255 g/mol. The predicted molar refractivity (Wildman–Crippen MR) is 80.5 cm³/mol. The minimum atomic E-state index is 0.204. The Morgan fingerprint density at radius 3 is 2.37 bits per heavy atom. The van der Waals surface area contributed by atoms with Gasteiger partial charge in [-0.25, -0.2) is 0 Å². The fourth-order valence-corrected chi connectivity index (χ4v) is 2.14. The molecule has 0 aliphatic carbocycles. The molecule has 3 nitrogen and oxygen atoms in total. The van der Waals surface area contributed by atoms with E-state index in [1.165, 1.54) is 16.8 Å². The zero-order chi connectivity index (χ0) is 13.7. The number of aromatic nitrogens is 1. The number of nitrogens with zero attached hydrogens (tertiary/aromatic N) is 2. The summed E-state index contributed by atoms with van der Waals surface area (Å²) in [6.45, 7) is 3.05. The molecule has 2 aromatic rings. The topological polar surface area (TPSA) is 28.2 Å². The minimum absolute atomic E-state index is 0.204. The summed E-state index contributed by atoms with van der Waals surface area (Å²) in [6, 6.07) is 12.9. The van der Waals surface area contributed by atoms with Crippen LogP contribution in [-0.2, 0) is 0 Å². The summed E-state index contributed by atoms with van der Waals surface area (Å²) in [5.74, 6) is 0. The Kier molecular flexibility index (Phi) is 4.53. The van der Waals surface area contributed by atoms with Gasteiger partial charge in [0, 0.05) is 32.2 Å². The first-order valence-corrected chi connectivity index (χ1v) is 6.63.